The Balaban J connectivity index is 1.42. The lowest BCUT2D eigenvalue weighted by atomic mass is 9.86. The summed E-state index contributed by atoms with van der Waals surface area (Å²) in [7, 11) is 0. The predicted molar refractivity (Wildman–Crippen MR) is 69.0 cm³/mol. The van der Waals surface area contributed by atoms with E-state index in [4.69, 9.17) is 0 Å². The third kappa shape index (κ3) is 2.54. The van der Waals surface area contributed by atoms with Gasteiger partial charge in [-0.1, -0.05) is 6.42 Å². The van der Waals surface area contributed by atoms with Crippen LogP contribution in [0.4, 0.5) is 0 Å². The minimum absolute atomic E-state index is 0.132. The first kappa shape index (κ1) is 12.4. The minimum atomic E-state index is -0.718. The van der Waals surface area contributed by atoms with Gasteiger partial charge in [0.25, 0.3) is 0 Å². The maximum absolute atomic E-state index is 11.9. The summed E-state index contributed by atoms with van der Waals surface area (Å²) in [4.78, 5) is 11.9. The van der Waals surface area contributed by atoms with Gasteiger partial charge in [-0.3, -0.25) is 4.79 Å². The molecule has 102 valence electrons. The largest absolute Gasteiger partial charge is 0.387 e. The van der Waals surface area contributed by atoms with Gasteiger partial charge in [0.05, 0.1) is 5.60 Å². The van der Waals surface area contributed by atoms with E-state index >= 15 is 0 Å². The van der Waals surface area contributed by atoms with Gasteiger partial charge in [-0.2, -0.15) is 0 Å². The van der Waals surface area contributed by atoms with Crippen LogP contribution in [0.2, 0.25) is 0 Å². The van der Waals surface area contributed by atoms with Crippen molar-refractivity contribution in [1.29, 1.82) is 0 Å². The number of fused-ring (bicyclic) bond motifs is 2. The number of β-amino-alcohol motifs (C(OH)–C–C–N with tert-alkyl or cyclic N) is 1. The summed E-state index contributed by atoms with van der Waals surface area (Å²) < 4.78 is 0. The van der Waals surface area contributed by atoms with Gasteiger partial charge in [0.1, 0.15) is 0 Å². The number of carbonyl (C=O) groups excluding carboxylic acids is 1. The van der Waals surface area contributed by atoms with Gasteiger partial charge >= 0.3 is 0 Å². The van der Waals surface area contributed by atoms with Gasteiger partial charge in [0.15, 0.2) is 0 Å². The maximum Gasteiger partial charge on any atom is 0.220 e. The SMILES string of the molecule is O=C(CC1CC2CCC1C2)NCC1(O)CCNC1. The first-order valence-corrected chi connectivity index (χ1v) is 7.34. The molecule has 4 unspecified atom stereocenters. The topological polar surface area (TPSA) is 61.4 Å². The molecule has 3 rings (SSSR count). The van der Waals surface area contributed by atoms with Crippen LogP contribution in [0.5, 0.6) is 0 Å². The summed E-state index contributed by atoms with van der Waals surface area (Å²) in [6.07, 6.45) is 6.73. The smallest absolute Gasteiger partial charge is 0.220 e. The van der Waals surface area contributed by atoms with E-state index in [0.29, 0.717) is 25.4 Å². The lowest BCUT2D eigenvalue weighted by molar-refractivity contribution is -0.123. The highest BCUT2D eigenvalue weighted by Gasteiger charge is 2.40. The number of nitrogens with one attached hydrogen (secondary N) is 2. The van der Waals surface area contributed by atoms with E-state index in [0.717, 1.165) is 24.8 Å². The monoisotopic (exact) mass is 252 g/mol. The highest BCUT2D eigenvalue weighted by molar-refractivity contribution is 5.76. The van der Waals surface area contributed by atoms with E-state index in [-0.39, 0.29) is 5.91 Å². The Labute approximate surface area is 109 Å². The minimum Gasteiger partial charge on any atom is -0.387 e. The number of hydrogen-bond acceptors (Lipinski definition) is 3. The second kappa shape index (κ2) is 4.82. The highest BCUT2D eigenvalue weighted by atomic mass is 16.3. The van der Waals surface area contributed by atoms with Crippen molar-refractivity contribution in [3.63, 3.8) is 0 Å². The van der Waals surface area contributed by atoms with E-state index < -0.39 is 5.60 Å². The Bertz CT molecular complexity index is 326. The zero-order valence-electron chi connectivity index (χ0n) is 11.0. The molecular formula is C14H24N2O2. The lowest BCUT2D eigenvalue weighted by Crippen LogP contribution is -2.44. The van der Waals surface area contributed by atoms with Crippen molar-refractivity contribution in [2.45, 2.75) is 44.1 Å². The highest BCUT2D eigenvalue weighted by Crippen LogP contribution is 2.49. The van der Waals surface area contributed by atoms with Gasteiger partial charge in [-0.15, -0.1) is 0 Å². The molecule has 3 aliphatic rings. The molecule has 2 bridgehead atoms. The third-order valence-electron chi connectivity index (χ3n) is 5.17. The second-order valence-corrected chi connectivity index (χ2v) is 6.57. The van der Waals surface area contributed by atoms with Crippen molar-refractivity contribution >= 4 is 5.91 Å². The normalized spacial score (nSPS) is 42.4. The zero-order valence-corrected chi connectivity index (χ0v) is 11.0. The Morgan fingerprint density at radius 1 is 1.39 bits per heavy atom. The van der Waals surface area contributed by atoms with Crippen molar-refractivity contribution in [3.8, 4) is 0 Å². The summed E-state index contributed by atoms with van der Waals surface area (Å²) in [6.45, 7) is 1.85. The maximum atomic E-state index is 11.9. The van der Waals surface area contributed by atoms with Gasteiger partial charge in [-0.05, 0) is 50.0 Å². The molecule has 4 heteroatoms. The number of rotatable bonds is 4. The van der Waals surface area contributed by atoms with Crippen LogP contribution in [0.1, 0.15) is 38.5 Å². The van der Waals surface area contributed by atoms with E-state index in [1.54, 1.807) is 0 Å². The summed E-state index contributed by atoms with van der Waals surface area (Å²) in [5, 5.41) is 16.2. The predicted octanol–water partition coefficient (Wildman–Crippen LogP) is 0.653. The lowest BCUT2D eigenvalue weighted by Gasteiger charge is -2.24. The molecule has 0 aromatic heterocycles. The standard InChI is InChI=1S/C14H24N2O2/c17-13(16-9-14(18)3-4-15-8-14)7-12-6-10-1-2-11(12)5-10/h10-12,15,18H,1-9H2,(H,16,17). The van der Waals surface area contributed by atoms with E-state index in [9.17, 15) is 9.90 Å². The molecule has 2 aliphatic carbocycles. The molecular weight excluding hydrogens is 228 g/mol. The molecule has 1 saturated heterocycles. The van der Waals surface area contributed by atoms with Crippen molar-refractivity contribution in [2.75, 3.05) is 19.6 Å². The Kier molecular flexibility index (Phi) is 3.32. The summed E-state index contributed by atoms with van der Waals surface area (Å²) in [5.74, 6) is 2.45. The molecule has 3 fully saturated rings. The molecule has 3 N–H and O–H groups in total. The molecule has 4 atom stereocenters. The fourth-order valence-electron chi connectivity index (χ4n) is 4.08. The van der Waals surface area contributed by atoms with Crippen LogP contribution in [-0.4, -0.2) is 36.2 Å². The van der Waals surface area contributed by atoms with Crippen LogP contribution in [0.25, 0.3) is 0 Å². The van der Waals surface area contributed by atoms with Crippen LogP contribution in [0.15, 0.2) is 0 Å². The summed E-state index contributed by atoms with van der Waals surface area (Å²) >= 11 is 0. The molecule has 2 saturated carbocycles. The number of amides is 1. The average Bonchev–Trinajstić information content (AvgIpc) is 3.03. The van der Waals surface area contributed by atoms with Crippen molar-refractivity contribution in [1.82, 2.24) is 10.6 Å². The molecule has 0 aromatic rings. The molecule has 0 radical (unpaired) electrons. The quantitative estimate of drug-likeness (QED) is 0.688. The van der Waals surface area contributed by atoms with Gasteiger partial charge in [-0.25, -0.2) is 0 Å². The number of carbonyl (C=O) groups is 1. The summed E-state index contributed by atoms with van der Waals surface area (Å²) in [5.41, 5.74) is -0.718. The third-order valence-corrected chi connectivity index (χ3v) is 5.17. The molecule has 1 heterocycles. The number of hydrogen-bond donors (Lipinski definition) is 3. The van der Waals surface area contributed by atoms with E-state index in [1.165, 1.54) is 25.7 Å². The van der Waals surface area contributed by atoms with Crippen LogP contribution in [-0.2, 0) is 4.79 Å². The zero-order chi connectivity index (χ0) is 12.6. The number of aliphatic hydroxyl groups is 1. The van der Waals surface area contributed by atoms with Gasteiger partial charge in [0, 0.05) is 19.5 Å². The summed E-state index contributed by atoms with van der Waals surface area (Å²) in [6, 6.07) is 0. The molecule has 1 amide bonds. The Hall–Kier alpha value is -0.610. The van der Waals surface area contributed by atoms with E-state index in [2.05, 4.69) is 10.6 Å². The first-order valence-electron chi connectivity index (χ1n) is 7.34. The Morgan fingerprint density at radius 3 is 2.89 bits per heavy atom. The van der Waals surface area contributed by atoms with Crippen LogP contribution in [0, 0.1) is 17.8 Å². The fraction of sp³-hybridized carbons (Fsp3) is 0.929. The first-order chi connectivity index (χ1) is 8.65. The Morgan fingerprint density at radius 2 is 2.28 bits per heavy atom. The fourth-order valence-corrected chi connectivity index (χ4v) is 4.08. The second-order valence-electron chi connectivity index (χ2n) is 6.57. The molecule has 18 heavy (non-hydrogen) atoms. The average molecular weight is 252 g/mol. The molecule has 0 aromatic carbocycles. The van der Waals surface area contributed by atoms with Crippen LogP contribution < -0.4 is 10.6 Å². The van der Waals surface area contributed by atoms with Gasteiger partial charge < -0.3 is 15.7 Å². The van der Waals surface area contributed by atoms with Crippen molar-refractivity contribution in [2.24, 2.45) is 17.8 Å². The van der Waals surface area contributed by atoms with Crippen molar-refractivity contribution < 1.29 is 9.90 Å². The van der Waals surface area contributed by atoms with Crippen LogP contribution in [0.3, 0.4) is 0 Å². The van der Waals surface area contributed by atoms with Crippen molar-refractivity contribution in [3.05, 3.63) is 0 Å². The molecule has 4 nitrogen and oxygen atoms in total. The van der Waals surface area contributed by atoms with Crippen LogP contribution >= 0.6 is 0 Å². The van der Waals surface area contributed by atoms with E-state index in [1.807, 2.05) is 0 Å². The molecule has 1 aliphatic heterocycles. The van der Waals surface area contributed by atoms with Gasteiger partial charge in [0.2, 0.25) is 5.91 Å². The molecule has 0 spiro atoms.